The van der Waals surface area contributed by atoms with Crippen molar-refractivity contribution >= 4 is 15.9 Å². The molecule has 0 bridgehead atoms. The fourth-order valence-electron chi connectivity index (χ4n) is 3.20. The number of hydrogen-bond donors (Lipinski definition) is 2. The SMILES string of the molecule is CONS(=O)(=O)c1ccc(C(=O)NCCCCN2CCCC(C)C2)cc1. The molecule has 1 saturated heterocycles. The van der Waals surface area contributed by atoms with E-state index in [1.54, 1.807) is 0 Å². The summed E-state index contributed by atoms with van der Waals surface area (Å²) in [6, 6.07) is 5.75. The highest BCUT2D eigenvalue weighted by molar-refractivity contribution is 7.89. The third-order valence-electron chi connectivity index (χ3n) is 4.55. The average Bonchev–Trinajstić information content (AvgIpc) is 2.61. The smallest absolute Gasteiger partial charge is 0.262 e. The molecular formula is C18H29N3O4S. The van der Waals surface area contributed by atoms with Gasteiger partial charge in [-0.15, -0.1) is 0 Å². The Morgan fingerprint density at radius 1 is 1.27 bits per heavy atom. The number of likely N-dealkylation sites (tertiary alicyclic amines) is 1. The molecule has 8 heteroatoms. The molecular weight excluding hydrogens is 354 g/mol. The van der Waals surface area contributed by atoms with E-state index in [1.807, 2.05) is 4.89 Å². The second-order valence-electron chi connectivity index (χ2n) is 6.83. The van der Waals surface area contributed by atoms with Crippen LogP contribution in [0.5, 0.6) is 0 Å². The Morgan fingerprint density at radius 2 is 2.00 bits per heavy atom. The predicted molar refractivity (Wildman–Crippen MR) is 100 cm³/mol. The minimum Gasteiger partial charge on any atom is -0.352 e. The fourth-order valence-corrected chi connectivity index (χ4v) is 4.01. The lowest BCUT2D eigenvalue weighted by Gasteiger charge is -2.30. The van der Waals surface area contributed by atoms with Crippen LogP contribution in [0, 0.1) is 5.92 Å². The number of sulfonamides is 1. The van der Waals surface area contributed by atoms with Gasteiger partial charge in [-0.1, -0.05) is 11.8 Å². The number of benzene rings is 1. The van der Waals surface area contributed by atoms with E-state index in [0.717, 1.165) is 25.3 Å². The van der Waals surface area contributed by atoms with Gasteiger partial charge in [0.05, 0.1) is 12.0 Å². The van der Waals surface area contributed by atoms with E-state index in [4.69, 9.17) is 0 Å². The van der Waals surface area contributed by atoms with Crippen LogP contribution in [0.15, 0.2) is 29.2 Å². The van der Waals surface area contributed by atoms with Gasteiger partial charge in [0.1, 0.15) is 0 Å². The molecule has 146 valence electrons. The van der Waals surface area contributed by atoms with E-state index in [1.165, 1.54) is 57.3 Å². The number of hydrogen-bond acceptors (Lipinski definition) is 5. The van der Waals surface area contributed by atoms with Gasteiger partial charge in [0.15, 0.2) is 0 Å². The van der Waals surface area contributed by atoms with E-state index >= 15 is 0 Å². The van der Waals surface area contributed by atoms with E-state index in [2.05, 4.69) is 22.0 Å². The lowest BCUT2D eigenvalue weighted by atomic mass is 10.0. The van der Waals surface area contributed by atoms with Gasteiger partial charge in [-0.25, -0.2) is 8.42 Å². The van der Waals surface area contributed by atoms with Crippen molar-refractivity contribution in [2.24, 2.45) is 5.92 Å². The van der Waals surface area contributed by atoms with Crippen LogP contribution in [0.25, 0.3) is 0 Å². The summed E-state index contributed by atoms with van der Waals surface area (Å²) in [6.07, 6.45) is 4.60. The highest BCUT2D eigenvalue weighted by atomic mass is 32.2. The van der Waals surface area contributed by atoms with Crippen molar-refractivity contribution in [1.82, 2.24) is 15.1 Å². The van der Waals surface area contributed by atoms with Gasteiger partial charge < -0.3 is 10.2 Å². The van der Waals surface area contributed by atoms with Crippen LogP contribution in [0.4, 0.5) is 0 Å². The maximum atomic E-state index is 12.1. The van der Waals surface area contributed by atoms with Crippen molar-refractivity contribution < 1.29 is 18.0 Å². The summed E-state index contributed by atoms with van der Waals surface area (Å²) in [6.45, 7) is 6.37. The second kappa shape index (κ2) is 10.0. The Morgan fingerprint density at radius 3 is 2.65 bits per heavy atom. The van der Waals surface area contributed by atoms with Gasteiger partial charge >= 0.3 is 0 Å². The zero-order valence-corrected chi connectivity index (χ0v) is 16.3. The van der Waals surface area contributed by atoms with Crippen molar-refractivity contribution in [1.29, 1.82) is 0 Å². The van der Waals surface area contributed by atoms with Crippen LogP contribution < -0.4 is 10.2 Å². The lowest BCUT2D eigenvalue weighted by Crippen LogP contribution is -2.35. The average molecular weight is 384 g/mol. The maximum Gasteiger partial charge on any atom is 0.262 e. The van der Waals surface area contributed by atoms with Crippen molar-refractivity contribution in [3.63, 3.8) is 0 Å². The Labute approximate surface area is 156 Å². The van der Waals surface area contributed by atoms with Gasteiger partial charge in [-0.3, -0.25) is 9.63 Å². The normalized spacial score (nSPS) is 18.6. The molecule has 1 aliphatic rings. The highest BCUT2D eigenvalue weighted by Gasteiger charge is 2.16. The molecule has 1 atom stereocenters. The van der Waals surface area contributed by atoms with E-state index in [0.29, 0.717) is 12.1 Å². The van der Waals surface area contributed by atoms with Gasteiger partial charge in [-0.05, 0) is 69.0 Å². The fraction of sp³-hybridized carbons (Fsp3) is 0.611. The first kappa shape index (κ1) is 20.8. The van der Waals surface area contributed by atoms with Crippen molar-refractivity contribution in [3.8, 4) is 0 Å². The highest BCUT2D eigenvalue weighted by Crippen LogP contribution is 2.15. The quantitative estimate of drug-likeness (QED) is 0.501. The molecule has 0 radical (unpaired) electrons. The zero-order chi connectivity index (χ0) is 19.0. The van der Waals surface area contributed by atoms with Gasteiger partial charge in [0.25, 0.3) is 15.9 Å². The standard InChI is InChI=1S/C18H29N3O4S/c1-15-6-5-13-21(14-15)12-4-3-11-19-18(22)16-7-9-17(10-8-16)26(23,24)20-25-2/h7-10,15,20H,3-6,11-14H2,1-2H3,(H,19,22). The van der Waals surface area contributed by atoms with E-state index in [-0.39, 0.29) is 10.8 Å². The second-order valence-corrected chi connectivity index (χ2v) is 8.47. The molecule has 1 amide bonds. The molecule has 26 heavy (non-hydrogen) atoms. The number of amides is 1. The molecule has 2 N–H and O–H groups in total. The molecule has 1 aliphatic heterocycles. The summed E-state index contributed by atoms with van der Waals surface area (Å²) < 4.78 is 23.5. The number of piperidine rings is 1. The Bertz CT molecular complexity index is 676. The Balaban J connectivity index is 1.71. The maximum absolute atomic E-state index is 12.1. The summed E-state index contributed by atoms with van der Waals surface area (Å²) in [5.74, 6) is 0.592. The van der Waals surface area contributed by atoms with Crippen LogP contribution >= 0.6 is 0 Å². The zero-order valence-electron chi connectivity index (χ0n) is 15.5. The number of nitrogens with zero attached hydrogens (tertiary/aromatic N) is 1. The molecule has 1 aromatic carbocycles. The third-order valence-corrected chi connectivity index (χ3v) is 5.83. The first-order valence-electron chi connectivity index (χ1n) is 9.08. The Kier molecular flexibility index (Phi) is 8.02. The summed E-state index contributed by atoms with van der Waals surface area (Å²) in [4.78, 5) is 21.1. The minimum absolute atomic E-state index is 0.0478. The first-order valence-corrected chi connectivity index (χ1v) is 10.6. The number of unbranched alkanes of at least 4 members (excludes halogenated alkanes) is 1. The van der Waals surface area contributed by atoms with Gasteiger partial charge in [-0.2, -0.15) is 0 Å². The molecule has 2 rings (SSSR count). The predicted octanol–water partition coefficient (Wildman–Crippen LogP) is 1.77. The summed E-state index contributed by atoms with van der Waals surface area (Å²) in [7, 11) is -2.47. The molecule has 7 nitrogen and oxygen atoms in total. The molecule has 1 aromatic rings. The van der Waals surface area contributed by atoms with Gasteiger partial charge in [0, 0.05) is 18.7 Å². The number of carbonyl (C=O) groups is 1. The Hall–Kier alpha value is -1.48. The van der Waals surface area contributed by atoms with Crippen LogP contribution in [0.2, 0.25) is 0 Å². The number of carbonyl (C=O) groups excluding carboxylic acids is 1. The first-order chi connectivity index (χ1) is 12.4. The van der Waals surface area contributed by atoms with E-state index in [9.17, 15) is 13.2 Å². The number of nitrogens with one attached hydrogen (secondary N) is 2. The molecule has 1 fully saturated rings. The topological polar surface area (TPSA) is 87.7 Å². The lowest BCUT2D eigenvalue weighted by molar-refractivity contribution is 0.0952. The largest absolute Gasteiger partial charge is 0.352 e. The molecule has 0 saturated carbocycles. The van der Waals surface area contributed by atoms with Crippen molar-refractivity contribution in [2.75, 3.05) is 33.3 Å². The molecule has 0 aromatic heterocycles. The molecule has 1 unspecified atom stereocenters. The number of rotatable bonds is 9. The third kappa shape index (κ3) is 6.35. The summed E-state index contributed by atoms with van der Waals surface area (Å²) >= 11 is 0. The van der Waals surface area contributed by atoms with Crippen LogP contribution in [0.1, 0.15) is 43.0 Å². The molecule has 0 aliphatic carbocycles. The van der Waals surface area contributed by atoms with Crippen molar-refractivity contribution in [3.05, 3.63) is 29.8 Å². The molecule has 1 heterocycles. The molecule has 0 spiro atoms. The van der Waals surface area contributed by atoms with Crippen LogP contribution in [-0.4, -0.2) is 52.5 Å². The monoisotopic (exact) mass is 383 g/mol. The van der Waals surface area contributed by atoms with Gasteiger partial charge in [0.2, 0.25) is 0 Å². The summed E-state index contributed by atoms with van der Waals surface area (Å²) in [5, 5.41) is 2.88. The summed E-state index contributed by atoms with van der Waals surface area (Å²) in [5.41, 5.74) is 0.436. The minimum atomic E-state index is -3.70. The van der Waals surface area contributed by atoms with Crippen molar-refractivity contribution in [2.45, 2.75) is 37.5 Å². The van der Waals surface area contributed by atoms with E-state index < -0.39 is 10.0 Å². The van der Waals surface area contributed by atoms with Crippen LogP contribution in [0.3, 0.4) is 0 Å². The van der Waals surface area contributed by atoms with Crippen LogP contribution in [-0.2, 0) is 14.9 Å².